The highest BCUT2D eigenvalue weighted by Gasteiger charge is 2.09. The van der Waals surface area contributed by atoms with Crippen LogP contribution in [0.4, 0.5) is 11.5 Å². The number of pyridine rings is 1. The maximum absolute atomic E-state index is 7.57. The number of rotatable bonds is 3. The van der Waals surface area contributed by atoms with Crippen LogP contribution < -0.4 is 10.6 Å². The second kappa shape index (κ2) is 5.33. The van der Waals surface area contributed by atoms with Gasteiger partial charge in [0.05, 0.1) is 0 Å². The van der Waals surface area contributed by atoms with E-state index >= 15 is 0 Å². The number of anilines is 2. The number of hydrogen-bond acceptors (Lipinski definition) is 3. The molecule has 4 heteroatoms. The first kappa shape index (κ1) is 14.1. The topological polar surface area (TPSA) is 66.0 Å². The summed E-state index contributed by atoms with van der Waals surface area (Å²) < 4.78 is 0. The van der Waals surface area contributed by atoms with Crippen molar-refractivity contribution in [3.05, 3.63) is 52.7 Å². The van der Waals surface area contributed by atoms with Gasteiger partial charge in [-0.05, 0) is 56.2 Å². The fourth-order valence-electron chi connectivity index (χ4n) is 2.25. The Bertz CT molecular complexity index is 641. The van der Waals surface area contributed by atoms with Gasteiger partial charge in [-0.1, -0.05) is 6.07 Å². The van der Waals surface area contributed by atoms with Crippen LogP contribution in [0.3, 0.4) is 0 Å². The number of amidine groups is 1. The van der Waals surface area contributed by atoms with Crippen LogP contribution in [-0.4, -0.2) is 17.9 Å². The summed E-state index contributed by atoms with van der Waals surface area (Å²) in [4.78, 5) is 6.54. The number of nitrogens with two attached hydrogens (primary N) is 1. The van der Waals surface area contributed by atoms with Crippen LogP contribution in [-0.2, 0) is 0 Å². The van der Waals surface area contributed by atoms with Crippen LogP contribution in [0, 0.1) is 26.2 Å². The van der Waals surface area contributed by atoms with Crippen LogP contribution in [0.2, 0.25) is 0 Å². The van der Waals surface area contributed by atoms with Gasteiger partial charge in [0.15, 0.2) is 0 Å². The third-order valence-electron chi connectivity index (χ3n) is 3.19. The van der Waals surface area contributed by atoms with Gasteiger partial charge in [0.1, 0.15) is 11.7 Å². The molecule has 0 fully saturated rings. The molecule has 2 rings (SSSR count). The van der Waals surface area contributed by atoms with Crippen molar-refractivity contribution in [2.24, 2.45) is 5.73 Å². The van der Waals surface area contributed by atoms with Gasteiger partial charge in [-0.2, -0.15) is 0 Å². The first-order valence-electron chi connectivity index (χ1n) is 6.52. The van der Waals surface area contributed by atoms with Gasteiger partial charge in [-0.15, -0.1) is 0 Å². The molecule has 0 spiro atoms. The molecular weight excluding hydrogens is 248 g/mol. The van der Waals surface area contributed by atoms with Crippen LogP contribution in [0.25, 0.3) is 0 Å². The number of aryl methyl sites for hydroxylation is 3. The molecule has 1 aromatic carbocycles. The lowest BCUT2D eigenvalue weighted by Crippen LogP contribution is -2.16. The Morgan fingerprint density at radius 2 is 1.65 bits per heavy atom. The fourth-order valence-corrected chi connectivity index (χ4v) is 2.25. The smallest absolute Gasteiger partial charge is 0.133 e. The summed E-state index contributed by atoms with van der Waals surface area (Å²) >= 11 is 0. The van der Waals surface area contributed by atoms with Crippen molar-refractivity contribution in [2.75, 3.05) is 11.9 Å². The monoisotopic (exact) mass is 268 g/mol. The lowest BCUT2D eigenvalue weighted by Gasteiger charge is -2.20. The summed E-state index contributed by atoms with van der Waals surface area (Å²) in [5.41, 5.74) is 10.6. The fraction of sp³-hybridized carbons (Fsp3) is 0.250. The van der Waals surface area contributed by atoms with Gasteiger partial charge in [-0.25, -0.2) is 4.98 Å². The molecule has 0 saturated heterocycles. The van der Waals surface area contributed by atoms with Crippen molar-refractivity contribution in [1.82, 2.24) is 4.98 Å². The maximum atomic E-state index is 7.57. The largest absolute Gasteiger partial charge is 0.384 e. The van der Waals surface area contributed by atoms with E-state index in [2.05, 4.69) is 37.0 Å². The number of hydrogen-bond donors (Lipinski definition) is 2. The molecule has 0 aliphatic rings. The predicted molar refractivity (Wildman–Crippen MR) is 84.0 cm³/mol. The molecule has 4 nitrogen and oxygen atoms in total. The molecule has 0 atom stereocenters. The van der Waals surface area contributed by atoms with Gasteiger partial charge >= 0.3 is 0 Å². The maximum Gasteiger partial charge on any atom is 0.133 e. The first-order chi connectivity index (χ1) is 9.36. The molecule has 1 heterocycles. The van der Waals surface area contributed by atoms with Gasteiger partial charge in [0, 0.05) is 24.0 Å². The zero-order valence-electron chi connectivity index (χ0n) is 12.4. The normalized spacial score (nSPS) is 10.4. The Hall–Kier alpha value is -2.36. The SMILES string of the molecule is Cc1cc(C)cc(N(C)c2cc(C(=N)N)cc(C)n2)c1. The lowest BCUT2D eigenvalue weighted by molar-refractivity contribution is 1.08. The Morgan fingerprint density at radius 1 is 1.05 bits per heavy atom. The molecule has 20 heavy (non-hydrogen) atoms. The molecule has 0 unspecified atom stereocenters. The summed E-state index contributed by atoms with van der Waals surface area (Å²) in [5.74, 6) is 0.853. The highest BCUT2D eigenvalue weighted by molar-refractivity contribution is 5.95. The lowest BCUT2D eigenvalue weighted by atomic mass is 10.1. The molecule has 0 saturated carbocycles. The molecule has 3 N–H and O–H groups in total. The van der Waals surface area contributed by atoms with Crippen molar-refractivity contribution in [2.45, 2.75) is 20.8 Å². The second-order valence-electron chi connectivity index (χ2n) is 5.17. The third kappa shape index (κ3) is 2.96. The number of benzene rings is 1. The third-order valence-corrected chi connectivity index (χ3v) is 3.19. The number of nitrogens with zero attached hydrogens (tertiary/aromatic N) is 2. The molecule has 0 aliphatic heterocycles. The van der Waals surface area contributed by atoms with Gasteiger partial charge in [0.2, 0.25) is 0 Å². The summed E-state index contributed by atoms with van der Waals surface area (Å²) in [7, 11) is 1.97. The van der Waals surface area contributed by atoms with E-state index in [4.69, 9.17) is 11.1 Å². The zero-order valence-corrected chi connectivity index (χ0v) is 12.4. The first-order valence-corrected chi connectivity index (χ1v) is 6.52. The van der Waals surface area contributed by atoms with Crippen molar-refractivity contribution in [1.29, 1.82) is 5.41 Å². The molecule has 0 radical (unpaired) electrons. The Kier molecular flexibility index (Phi) is 3.74. The summed E-state index contributed by atoms with van der Waals surface area (Å²) in [6.07, 6.45) is 0. The van der Waals surface area contributed by atoms with E-state index < -0.39 is 0 Å². The Balaban J connectivity index is 2.47. The predicted octanol–water partition coefficient (Wildman–Crippen LogP) is 3.06. The molecule has 1 aromatic heterocycles. The average molecular weight is 268 g/mol. The van der Waals surface area contributed by atoms with Crippen molar-refractivity contribution >= 4 is 17.3 Å². The highest BCUT2D eigenvalue weighted by atomic mass is 15.2. The van der Waals surface area contributed by atoms with E-state index in [9.17, 15) is 0 Å². The molecule has 0 aliphatic carbocycles. The van der Waals surface area contributed by atoms with Gasteiger partial charge in [-0.3, -0.25) is 5.41 Å². The van der Waals surface area contributed by atoms with Crippen LogP contribution in [0.1, 0.15) is 22.4 Å². The van der Waals surface area contributed by atoms with Gasteiger partial charge in [0.25, 0.3) is 0 Å². The molecule has 0 amide bonds. The Labute approximate surface area is 119 Å². The van der Waals surface area contributed by atoms with E-state index in [1.54, 1.807) is 0 Å². The zero-order chi connectivity index (χ0) is 14.9. The van der Waals surface area contributed by atoms with Crippen LogP contribution >= 0.6 is 0 Å². The van der Waals surface area contributed by atoms with Crippen LogP contribution in [0.5, 0.6) is 0 Å². The average Bonchev–Trinajstić information content (AvgIpc) is 2.35. The van der Waals surface area contributed by atoms with Gasteiger partial charge < -0.3 is 10.6 Å². The van der Waals surface area contributed by atoms with Crippen molar-refractivity contribution in [3.63, 3.8) is 0 Å². The van der Waals surface area contributed by atoms with E-state index in [0.717, 1.165) is 17.2 Å². The van der Waals surface area contributed by atoms with E-state index in [0.29, 0.717) is 5.56 Å². The quantitative estimate of drug-likeness (QED) is 0.664. The minimum atomic E-state index is 0.0607. The standard InChI is InChI=1S/C16H20N4/c1-10-5-11(2)7-14(6-10)20(4)15-9-13(16(17)18)8-12(3)19-15/h5-9H,1-4H3,(H3,17,18). The van der Waals surface area contributed by atoms with Crippen LogP contribution in [0.15, 0.2) is 30.3 Å². The summed E-state index contributed by atoms with van der Waals surface area (Å²) in [5, 5.41) is 7.57. The van der Waals surface area contributed by atoms with E-state index in [1.807, 2.05) is 31.0 Å². The van der Waals surface area contributed by atoms with E-state index in [1.165, 1.54) is 11.1 Å². The van der Waals surface area contributed by atoms with E-state index in [-0.39, 0.29) is 5.84 Å². The van der Waals surface area contributed by atoms with Crippen molar-refractivity contribution in [3.8, 4) is 0 Å². The van der Waals surface area contributed by atoms with Crippen molar-refractivity contribution < 1.29 is 0 Å². The number of nitrogens with one attached hydrogen (secondary N) is 1. The number of aromatic nitrogens is 1. The summed E-state index contributed by atoms with van der Waals surface area (Å²) in [6.45, 7) is 6.06. The minimum absolute atomic E-state index is 0.0607. The Morgan fingerprint density at radius 3 is 2.20 bits per heavy atom. The second-order valence-corrected chi connectivity index (χ2v) is 5.17. The molecule has 0 bridgehead atoms. The molecule has 104 valence electrons. The molecular formula is C16H20N4. The highest BCUT2D eigenvalue weighted by Crippen LogP contribution is 2.25. The molecule has 2 aromatic rings. The summed E-state index contributed by atoms with van der Waals surface area (Å²) in [6, 6.07) is 10.0. The minimum Gasteiger partial charge on any atom is -0.384 e. The number of nitrogen functional groups attached to an aromatic ring is 1.